The van der Waals surface area contributed by atoms with Gasteiger partial charge in [-0.05, 0) is 55.4 Å². The van der Waals surface area contributed by atoms with Crippen molar-refractivity contribution in [3.05, 3.63) is 28.7 Å². The maximum absolute atomic E-state index is 6.01. The molecule has 0 saturated heterocycles. The van der Waals surface area contributed by atoms with E-state index in [4.69, 9.17) is 4.74 Å². The molecule has 1 aromatic rings. The Morgan fingerprint density at radius 2 is 1.75 bits per heavy atom. The molecule has 1 aliphatic carbocycles. The maximum atomic E-state index is 6.01. The van der Waals surface area contributed by atoms with E-state index < -0.39 is 0 Å². The van der Waals surface area contributed by atoms with E-state index in [-0.39, 0.29) is 0 Å². The number of benzene rings is 1. The highest BCUT2D eigenvalue weighted by Crippen LogP contribution is 2.31. The van der Waals surface area contributed by atoms with E-state index >= 15 is 0 Å². The molecule has 0 spiro atoms. The second-order valence-corrected chi connectivity index (χ2v) is 5.88. The summed E-state index contributed by atoms with van der Waals surface area (Å²) in [6.45, 7) is 4.68. The van der Waals surface area contributed by atoms with E-state index in [9.17, 15) is 0 Å². The van der Waals surface area contributed by atoms with Gasteiger partial charge in [-0.2, -0.15) is 0 Å². The summed E-state index contributed by atoms with van der Waals surface area (Å²) in [5.41, 5.74) is 0. The Kier molecular flexibility index (Phi) is 3.91. The molecule has 0 aliphatic heterocycles. The zero-order chi connectivity index (χ0) is 11.5. The van der Waals surface area contributed by atoms with Crippen molar-refractivity contribution in [3.8, 4) is 5.75 Å². The summed E-state index contributed by atoms with van der Waals surface area (Å²) in [6.07, 6.45) is 4.09. The third-order valence-electron chi connectivity index (χ3n) is 3.67. The Bertz CT molecular complexity index is 333. The summed E-state index contributed by atoms with van der Waals surface area (Å²) in [4.78, 5) is 0. The second kappa shape index (κ2) is 5.22. The molecule has 0 bridgehead atoms. The molecule has 16 heavy (non-hydrogen) atoms. The van der Waals surface area contributed by atoms with Crippen LogP contribution in [0.4, 0.5) is 0 Å². The van der Waals surface area contributed by atoms with Crippen molar-refractivity contribution in [1.29, 1.82) is 0 Å². The molecule has 1 nitrogen and oxygen atoms in total. The van der Waals surface area contributed by atoms with Gasteiger partial charge < -0.3 is 4.74 Å². The lowest BCUT2D eigenvalue weighted by Gasteiger charge is -2.32. The van der Waals surface area contributed by atoms with Crippen molar-refractivity contribution in [1.82, 2.24) is 0 Å². The average molecular weight is 283 g/mol. The molecule has 0 radical (unpaired) electrons. The molecule has 88 valence electrons. The maximum Gasteiger partial charge on any atom is 0.119 e. The minimum absolute atomic E-state index is 0.410. The zero-order valence-corrected chi connectivity index (χ0v) is 11.5. The summed E-state index contributed by atoms with van der Waals surface area (Å²) in [5.74, 6) is 2.63. The van der Waals surface area contributed by atoms with Crippen molar-refractivity contribution in [2.24, 2.45) is 11.8 Å². The molecule has 3 atom stereocenters. The summed E-state index contributed by atoms with van der Waals surface area (Å²) in [6, 6.07) is 8.13. The van der Waals surface area contributed by atoms with Crippen LogP contribution in [0.5, 0.6) is 5.75 Å². The Balaban J connectivity index is 1.93. The topological polar surface area (TPSA) is 9.23 Å². The number of hydrogen-bond acceptors (Lipinski definition) is 1. The van der Waals surface area contributed by atoms with Gasteiger partial charge in [-0.1, -0.05) is 29.8 Å². The van der Waals surface area contributed by atoms with Crippen LogP contribution in [-0.4, -0.2) is 6.10 Å². The molecule has 1 aliphatic rings. The molecule has 1 aromatic carbocycles. The van der Waals surface area contributed by atoms with Gasteiger partial charge in [0.05, 0.1) is 6.10 Å². The van der Waals surface area contributed by atoms with Gasteiger partial charge in [0, 0.05) is 4.47 Å². The molecule has 1 saturated carbocycles. The fourth-order valence-electron chi connectivity index (χ4n) is 2.31. The van der Waals surface area contributed by atoms with Crippen molar-refractivity contribution in [2.75, 3.05) is 0 Å². The first-order chi connectivity index (χ1) is 7.65. The first-order valence-corrected chi connectivity index (χ1v) is 6.86. The lowest BCUT2D eigenvalue weighted by Crippen LogP contribution is -2.28. The molecule has 0 N–H and O–H groups in total. The molecule has 1 fully saturated rings. The van der Waals surface area contributed by atoms with E-state index in [1.807, 2.05) is 24.3 Å². The molecule has 2 rings (SSSR count). The van der Waals surface area contributed by atoms with Gasteiger partial charge in [0.1, 0.15) is 5.75 Å². The van der Waals surface area contributed by atoms with Crippen molar-refractivity contribution in [3.63, 3.8) is 0 Å². The molecule has 2 heteroatoms. The number of ether oxygens (including phenoxy) is 1. The third kappa shape index (κ3) is 3.00. The van der Waals surface area contributed by atoms with Crippen molar-refractivity contribution < 1.29 is 4.74 Å². The van der Waals surface area contributed by atoms with E-state index in [1.54, 1.807) is 0 Å². The van der Waals surface area contributed by atoms with Crippen molar-refractivity contribution >= 4 is 15.9 Å². The monoisotopic (exact) mass is 282 g/mol. The Hall–Kier alpha value is -0.500. The van der Waals surface area contributed by atoms with Crippen LogP contribution in [0.25, 0.3) is 0 Å². The number of rotatable bonds is 2. The van der Waals surface area contributed by atoms with Gasteiger partial charge in [-0.15, -0.1) is 0 Å². The standard InChI is InChI=1S/C14H19BrO/c1-10-3-6-14(9-11(10)2)16-13-7-4-12(15)5-8-13/h4-5,7-8,10-11,14H,3,6,9H2,1-2H3. The molecule has 3 unspecified atom stereocenters. The fraction of sp³-hybridized carbons (Fsp3) is 0.571. The van der Waals surface area contributed by atoms with E-state index in [2.05, 4.69) is 29.8 Å². The summed E-state index contributed by atoms with van der Waals surface area (Å²) < 4.78 is 7.11. The van der Waals surface area contributed by atoms with Crippen LogP contribution in [-0.2, 0) is 0 Å². The predicted octanol–water partition coefficient (Wildman–Crippen LogP) is 4.65. The SMILES string of the molecule is CC1CCC(Oc2ccc(Br)cc2)CC1C. The summed E-state index contributed by atoms with van der Waals surface area (Å²) in [7, 11) is 0. The van der Waals surface area contributed by atoms with Gasteiger partial charge in [0.25, 0.3) is 0 Å². The van der Waals surface area contributed by atoms with Gasteiger partial charge in [-0.3, -0.25) is 0 Å². The van der Waals surface area contributed by atoms with Crippen LogP contribution in [0.3, 0.4) is 0 Å². The number of halogens is 1. The minimum atomic E-state index is 0.410. The average Bonchev–Trinajstić information content (AvgIpc) is 2.27. The molecular weight excluding hydrogens is 264 g/mol. The first kappa shape index (κ1) is 12.0. The highest BCUT2D eigenvalue weighted by molar-refractivity contribution is 9.10. The summed E-state index contributed by atoms with van der Waals surface area (Å²) >= 11 is 3.43. The first-order valence-electron chi connectivity index (χ1n) is 6.07. The van der Waals surface area contributed by atoms with Gasteiger partial charge >= 0.3 is 0 Å². The van der Waals surface area contributed by atoms with E-state index in [0.717, 1.165) is 22.1 Å². The normalized spacial score (nSPS) is 30.1. The van der Waals surface area contributed by atoms with Gasteiger partial charge in [-0.25, -0.2) is 0 Å². The van der Waals surface area contributed by atoms with Crippen LogP contribution >= 0.6 is 15.9 Å². The predicted molar refractivity (Wildman–Crippen MR) is 70.7 cm³/mol. The molecule has 0 heterocycles. The smallest absolute Gasteiger partial charge is 0.119 e. The van der Waals surface area contributed by atoms with Crippen LogP contribution in [0.2, 0.25) is 0 Å². The van der Waals surface area contributed by atoms with E-state index in [0.29, 0.717) is 6.10 Å². The molecular formula is C14H19BrO. The van der Waals surface area contributed by atoms with Crippen LogP contribution in [0.15, 0.2) is 28.7 Å². The van der Waals surface area contributed by atoms with Gasteiger partial charge in [0.2, 0.25) is 0 Å². The van der Waals surface area contributed by atoms with Gasteiger partial charge in [0.15, 0.2) is 0 Å². The highest BCUT2D eigenvalue weighted by atomic mass is 79.9. The quantitative estimate of drug-likeness (QED) is 0.767. The van der Waals surface area contributed by atoms with Crippen LogP contribution in [0, 0.1) is 11.8 Å². The Labute approximate surface area is 106 Å². The molecule has 0 aromatic heterocycles. The lowest BCUT2D eigenvalue weighted by atomic mass is 9.80. The second-order valence-electron chi connectivity index (χ2n) is 4.96. The zero-order valence-electron chi connectivity index (χ0n) is 9.95. The minimum Gasteiger partial charge on any atom is -0.490 e. The molecule has 0 amide bonds. The Morgan fingerprint density at radius 1 is 1.06 bits per heavy atom. The summed E-state index contributed by atoms with van der Waals surface area (Å²) in [5, 5.41) is 0. The van der Waals surface area contributed by atoms with E-state index in [1.165, 1.54) is 19.3 Å². The lowest BCUT2D eigenvalue weighted by molar-refractivity contribution is 0.101. The third-order valence-corrected chi connectivity index (χ3v) is 4.20. The van der Waals surface area contributed by atoms with Crippen LogP contribution < -0.4 is 4.74 Å². The van der Waals surface area contributed by atoms with Crippen LogP contribution in [0.1, 0.15) is 33.1 Å². The highest BCUT2D eigenvalue weighted by Gasteiger charge is 2.25. The fourth-order valence-corrected chi connectivity index (χ4v) is 2.58. The van der Waals surface area contributed by atoms with Crippen molar-refractivity contribution in [2.45, 2.75) is 39.2 Å². The largest absolute Gasteiger partial charge is 0.490 e. The Morgan fingerprint density at radius 3 is 2.38 bits per heavy atom. The number of hydrogen-bond donors (Lipinski definition) is 0.